The number of amides is 1. The quantitative estimate of drug-likeness (QED) is 0.525. The lowest BCUT2D eigenvalue weighted by Gasteiger charge is -2.11. The molecule has 30 heavy (non-hydrogen) atoms. The van der Waals surface area contributed by atoms with E-state index in [1.165, 1.54) is 12.4 Å². The Hall–Kier alpha value is -2.92. The Morgan fingerprint density at radius 2 is 1.90 bits per heavy atom. The second-order valence-electron chi connectivity index (χ2n) is 7.14. The number of aryl methyl sites for hydroxylation is 2. The average Bonchev–Trinajstić information content (AvgIpc) is 3.29. The summed E-state index contributed by atoms with van der Waals surface area (Å²) in [6, 6.07) is 3.30. The second-order valence-corrected chi connectivity index (χ2v) is 10.5. The number of phenolic OH excluding ortho intramolecular Hbond substituents is 1. The molecular formula is C19H23N5O4S2. The fraction of sp³-hybridized carbons (Fsp3) is 0.316. The number of aromatic nitrogens is 3. The van der Waals surface area contributed by atoms with Crippen molar-refractivity contribution >= 4 is 43.9 Å². The summed E-state index contributed by atoms with van der Waals surface area (Å²) >= 11 is 1.11. The zero-order chi connectivity index (χ0) is 22.2. The summed E-state index contributed by atoms with van der Waals surface area (Å²) in [5, 5.41) is 19.5. The maximum atomic E-state index is 12.6. The van der Waals surface area contributed by atoms with Gasteiger partial charge in [-0.2, -0.15) is 4.09 Å². The van der Waals surface area contributed by atoms with Gasteiger partial charge in [0, 0.05) is 17.3 Å². The topological polar surface area (TPSA) is 126 Å². The van der Waals surface area contributed by atoms with Crippen molar-refractivity contribution < 1.29 is 18.3 Å². The first-order valence-electron chi connectivity index (χ1n) is 9.14. The van der Waals surface area contributed by atoms with Crippen LogP contribution in [0.5, 0.6) is 5.75 Å². The van der Waals surface area contributed by atoms with Crippen molar-refractivity contribution in [3.63, 3.8) is 0 Å². The summed E-state index contributed by atoms with van der Waals surface area (Å²) in [6.45, 7) is 8.46. The van der Waals surface area contributed by atoms with Gasteiger partial charge in [0.25, 0.3) is 15.9 Å². The van der Waals surface area contributed by atoms with Gasteiger partial charge in [-0.1, -0.05) is 17.4 Å². The van der Waals surface area contributed by atoms with E-state index >= 15 is 0 Å². The van der Waals surface area contributed by atoms with Gasteiger partial charge in [0.2, 0.25) is 0 Å². The molecule has 11 heteroatoms. The minimum Gasteiger partial charge on any atom is -0.508 e. The number of aromatic hydroxyl groups is 1. The second kappa shape index (κ2) is 8.07. The van der Waals surface area contributed by atoms with Gasteiger partial charge in [0.1, 0.15) is 10.6 Å². The Morgan fingerprint density at radius 3 is 2.57 bits per heavy atom. The first kappa shape index (κ1) is 21.8. The standard InChI is InChI=1S/C19H23N5O4S2/c1-10(2)30(27,28)24-9-12(4)17(23-24)22-19-20-8-15(29-19)18(26)21-16-11(3)6-7-14(25)13(16)5/h6-10,25H,1-5H3,(H,21,26)(H,20,22,23). The van der Waals surface area contributed by atoms with Gasteiger partial charge in [-0.25, -0.2) is 13.4 Å². The molecule has 3 aromatic rings. The lowest BCUT2D eigenvalue weighted by Crippen LogP contribution is -2.22. The van der Waals surface area contributed by atoms with Gasteiger partial charge < -0.3 is 15.7 Å². The average molecular weight is 450 g/mol. The highest BCUT2D eigenvalue weighted by atomic mass is 32.2. The SMILES string of the molecule is Cc1cn(S(=O)(=O)C(C)C)nc1Nc1ncc(C(=O)Nc2c(C)ccc(O)c2C)s1. The van der Waals surface area contributed by atoms with Crippen LogP contribution in [-0.2, 0) is 10.0 Å². The summed E-state index contributed by atoms with van der Waals surface area (Å²) in [7, 11) is -3.56. The molecule has 0 aliphatic heterocycles. The number of thiazole rings is 1. The lowest BCUT2D eigenvalue weighted by molar-refractivity contribution is 0.103. The van der Waals surface area contributed by atoms with Crippen molar-refractivity contribution in [3.05, 3.63) is 46.1 Å². The van der Waals surface area contributed by atoms with E-state index in [-0.39, 0.29) is 11.7 Å². The van der Waals surface area contributed by atoms with Crippen molar-refractivity contribution in [2.75, 3.05) is 10.6 Å². The molecule has 2 aromatic heterocycles. The molecule has 9 nitrogen and oxygen atoms in total. The third-order valence-electron chi connectivity index (χ3n) is 4.57. The van der Waals surface area contributed by atoms with Gasteiger partial charge in [-0.3, -0.25) is 4.79 Å². The Bertz CT molecular complexity index is 1210. The Kier molecular flexibility index (Phi) is 5.86. The van der Waals surface area contributed by atoms with E-state index in [1.807, 2.05) is 6.92 Å². The number of phenols is 1. The van der Waals surface area contributed by atoms with Crippen molar-refractivity contribution in [1.29, 1.82) is 0 Å². The lowest BCUT2D eigenvalue weighted by atomic mass is 10.1. The largest absolute Gasteiger partial charge is 0.508 e. The maximum Gasteiger partial charge on any atom is 0.267 e. The third-order valence-corrected chi connectivity index (χ3v) is 7.38. The van der Waals surface area contributed by atoms with Crippen LogP contribution in [0.3, 0.4) is 0 Å². The van der Waals surface area contributed by atoms with Crippen molar-refractivity contribution in [3.8, 4) is 5.75 Å². The van der Waals surface area contributed by atoms with Crippen LogP contribution >= 0.6 is 11.3 Å². The van der Waals surface area contributed by atoms with Gasteiger partial charge >= 0.3 is 0 Å². The predicted molar refractivity (Wildman–Crippen MR) is 117 cm³/mol. The zero-order valence-corrected chi connectivity index (χ0v) is 18.8. The van der Waals surface area contributed by atoms with Crippen LogP contribution in [0.1, 0.15) is 40.2 Å². The van der Waals surface area contributed by atoms with Gasteiger partial charge in [-0.15, -0.1) is 5.10 Å². The molecule has 3 N–H and O–H groups in total. The normalized spacial score (nSPS) is 11.7. The molecule has 0 radical (unpaired) electrons. The van der Waals surface area contributed by atoms with Crippen LogP contribution in [0.2, 0.25) is 0 Å². The zero-order valence-electron chi connectivity index (χ0n) is 17.2. The van der Waals surface area contributed by atoms with Crippen LogP contribution in [0.25, 0.3) is 0 Å². The molecule has 1 amide bonds. The molecule has 0 fully saturated rings. The van der Waals surface area contributed by atoms with Crippen LogP contribution in [0.15, 0.2) is 24.5 Å². The molecule has 0 atom stereocenters. The fourth-order valence-corrected chi connectivity index (χ4v) is 4.29. The molecule has 0 bridgehead atoms. The highest BCUT2D eigenvalue weighted by Crippen LogP contribution is 2.30. The molecule has 0 aliphatic rings. The Morgan fingerprint density at radius 1 is 1.20 bits per heavy atom. The Balaban J connectivity index is 1.79. The van der Waals surface area contributed by atoms with Crippen LogP contribution in [-0.4, -0.2) is 38.9 Å². The maximum absolute atomic E-state index is 12.6. The van der Waals surface area contributed by atoms with E-state index in [9.17, 15) is 18.3 Å². The van der Waals surface area contributed by atoms with E-state index in [2.05, 4.69) is 20.7 Å². The molecule has 0 spiro atoms. The molecule has 0 saturated heterocycles. The highest BCUT2D eigenvalue weighted by Gasteiger charge is 2.22. The van der Waals surface area contributed by atoms with Crippen molar-refractivity contribution in [2.45, 2.75) is 39.9 Å². The molecule has 1 aromatic carbocycles. The van der Waals surface area contributed by atoms with Crippen LogP contribution in [0.4, 0.5) is 16.6 Å². The molecule has 0 saturated carbocycles. The molecule has 0 aliphatic carbocycles. The summed E-state index contributed by atoms with van der Waals surface area (Å²) in [5.41, 5.74) is 2.59. The first-order valence-corrected chi connectivity index (χ1v) is 11.5. The van der Waals surface area contributed by atoms with Gasteiger partial charge in [0.15, 0.2) is 10.9 Å². The summed E-state index contributed by atoms with van der Waals surface area (Å²) < 4.78 is 25.5. The number of carbonyl (C=O) groups is 1. The van der Waals surface area contributed by atoms with Crippen molar-refractivity contribution in [2.24, 2.45) is 0 Å². The number of nitrogens with zero attached hydrogens (tertiary/aromatic N) is 3. The van der Waals surface area contributed by atoms with Crippen LogP contribution < -0.4 is 10.6 Å². The first-order chi connectivity index (χ1) is 14.0. The summed E-state index contributed by atoms with van der Waals surface area (Å²) in [5.74, 6) is 0.0900. The summed E-state index contributed by atoms with van der Waals surface area (Å²) in [4.78, 5) is 17.2. The molecule has 0 unspecified atom stereocenters. The minimum atomic E-state index is -3.56. The number of nitrogens with one attached hydrogen (secondary N) is 2. The van der Waals surface area contributed by atoms with E-state index in [0.29, 0.717) is 32.6 Å². The van der Waals surface area contributed by atoms with E-state index in [1.54, 1.807) is 39.8 Å². The fourth-order valence-electron chi connectivity index (χ4n) is 2.64. The molecular weight excluding hydrogens is 426 g/mol. The highest BCUT2D eigenvalue weighted by molar-refractivity contribution is 7.90. The number of hydrogen-bond acceptors (Lipinski definition) is 8. The number of carbonyl (C=O) groups excluding carboxylic acids is 1. The number of anilines is 3. The van der Waals surface area contributed by atoms with E-state index < -0.39 is 15.3 Å². The smallest absolute Gasteiger partial charge is 0.267 e. The Labute approximate surface area is 178 Å². The molecule has 160 valence electrons. The van der Waals surface area contributed by atoms with Crippen LogP contribution in [0, 0.1) is 20.8 Å². The third kappa shape index (κ3) is 4.17. The molecule has 3 rings (SSSR count). The number of hydrogen-bond donors (Lipinski definition) is 3. The van der Waals surface area contributed by atoms with E-state index in [0.717, 1.165) is 21.0 Å². The van der Waals surface area contributed by atoms with Gasteiger partial charge in [-0.05, 0) is 46.2 Å². The monoisotopic (exact) mass is 449 g/mol. The number of rotatable bonds is 6. The number of benzene rings is 1. The van der Waals surface area contributed by atoms with Gasteiger partial charge in [0.05, 0.1) is 17.1 Å². The minimum absolute atomic E-state index is 0.102. The summed E-state index contributed by atoms with van der Waals surface area (Å²) in [6.07, 6.45) is 2.86. The predicted octanol–water partition coefficient (Wildman–Crippen LogP) is 3.55. The van der Waals surface area contributed by atoms with E-state index in [4.69, 9.17) is 0 Å². The van der Waals surface area contributed by atoms with Crippen molar-refractivity contribution in [1.82, 2.24) is 14.2 Å². The molecule has 2 heterocycles.